The van der Waals surface area contributed by atoms with Gasteiger partial charge in [-0.1, -0.05) is 25.8 Å². The normalized spacial score (nSPS) is 20.3. The van der Waals surface area contributed by atoms with E-state index in [-0.39, 0.29) is 0 Å². The Hall–Kier alpha value is -1.51. The third kappa shape index (κ3) is 1.79. The van der Waals surface area contributed by atoms with E-state index in [1.54, 1.807) is 0 Å². The van der Waals surface area contributed by atoms with Gasteiger partial charge in [-0.15, -0.1) is 0 Å². The van der Waals surface area contributed by atoms with Gasteiger partial charge in [0.2, 0.25) is 0 Å². The summed E-state index contributed by atoms with van der Waals surface area (Å²) in [4.78, 5) is 6.71. The van der Waals surface area contributed by atoms with Crippen LogP contribution in [0.15, 0.2) is 24.7 Å². The maximum atomic E-state index is 4.33. The number of aryl methyl sites for hydroxylation is 1. The van der Waals surface area contributed by atoms with Crippen LogP contribution in [0.2, 0.25) is 0 Å². The largest absolute Gasteiger partial charge is 0.339 e. The number of hydrogen-bond acceptors (Lipinski definition) is 3. The number of rotatable bonds is 1. The van der Waals surface area contributed by atoms with E-state index in [1.807, 2.05) is 13.1 Å². The first-order valence-electron chi connectivity index (χ1n) is 6.47. The average Bonchev–Trinajstić information content (AvgIpc) is 2.65. The van der Waals surface area contributed by atoms with Crippen LogP contribution in [-0.2, 0) is 0 Å². The van der Waals surface area contributed by atoms with Gasteiger partial charge in [0, 0.05) is 11.7 Å². The first kappa shape index (κ1) is 10.6. The second-order valence-corrected chi connectivity index (χ2v) is 5.08. The summed E-state index contributed by atoms with van der Waals surface area (Å²) in [6, 6.07) is 2.78. The smallest absolute Gasteiger partial charge is 0.103 e. The fourth-order valence-corrected chi connectivity index (χ4v) is 2.96. The lowest BCUT2D eigenvalue weighted by Crippen LogP contribution is -2.34. The van der Waals surface area contributed by atoms with Gasteiger partial charge in [-0.05, 0) is 25.8 Å². The minimum Gasteiger partial charge on any atom is -0.339 e. The predicted octanol–water partition coefficient (Wildman–Crippen LogP) is 3.43. The van der Waals surface area contributed by atoms with Gasteiger partial charge in [0.15, 0.2) is 0 Å². The van der Waals surface area contributed by atoms with Crippen LogP contribution in [0.4, 0.5) is 11.4 Å². The van der Waals surface area contributed by atoms with Crippen LogP contribution >= 0.6 is 0 Å². The quantitative estimate of drug-likeness (QED) is 0.799. The number of nitrogens with zero attached hydrogens (tertiary/aromatic N) is 2. The molecule has 2 heterocycles. The summed E-state index contributed by atoms with van der Waals surface area (Å²) in [5.41, 5.74) is 3.43. The minimum atomic E-state index is 0.617. The Labute approximate surface area is 103 Å². The molecule has 3 nitrogen and oxygen atoms in total. The fourth-order valence-electron chi connectivity index (χ4n) is 2.96. The van der Waals surface area contributed by atoms with Crippen LogP contribution in [0.3, 0.4) is 0 Å². The van der Waals surface area contributed by atoms with E-state index in [0.717, 1.165) is 17.2 Å². The number of pyridine rings is 1. The summed E-state index contributed by atoms with van der Waals surface area (Å²) < 4.78 is 0. The Kier molecular flexibility index (Phi) is 2.54. The van der Waals surface area contributed by atoms with Gasteiger partial charge in [0.25, 0.3) is 0 Å². The summed E-state index contributed by atoms with van der Waals surface area (Å²) in [6.45, 7) is 6.18. The van der Waals surface area contributed by atoms with Crippen molar-refractivity contribution >= 4 is 11.4 Å². The Bertz CT molecular complexity index is 447. The average molecular weight is 229 g/mol. The Morgan fingerprint density at radius 2 is 2.12 bits per heavy atom. The molecule has 0 radical (unpaired) electrons. The van der Waals surface area contributed by atoms with Crippen molar-refractivity contribution in [2.75, 3.05) is 10.2 Å². The zero-order valence-electron chi connectivity index (χ0n) is 10.4. The van der Waals surface area contributed by atoms with E-state index in [2.05, 4.69) is 27.8 Å². The van der Waals surface area contributed by atoms with Gasteiger partial charge in [0.05, 0.1) is 17.6 Å². The van der Waals surface area contributed by atoms with Gasteiger partial charge in [-0.25, -0.2) is 0 Å². The molecule has 17 heavy (non-hydrogen) atoms. The van der Waals surface area contributed by atoms with Crippen LogP contribution in [0.5, 0.6) is 0 Å². The number of aromatic nitrogens is 1. The van der Waals surface area contributed by atoms with Gasteiger partial charge in [-0.2, -0.15) is 0 Å². The molecule has 0 bridgehead atoms. The third-order valence-electron chi connectivity index (χ3n) is 3.79. The van der Waals surface area contributed by atoms with Crippen molar-refractivity contribution in [1.82, 2.24) is 4.98 Å². The Morgan fingerprint density at radius 3 is 2.88 bits per heavy atom. The third-order valence-corrected chi connectivity index (χ3v) is 3.79. The van der Waals surface area contributed by atoms with Crippen molar-refractivity contribution in [2.45, 2.75) is 45.1 Å². The van der Waals surface area contributed by atoms with Crippen molar-refractivity contribution in [3.63, 3.8) is 0 Å². The molecular formula is C14H19N3. The van der Waals surface area contributed by atoms with Crippen molar-refractivity contribution in [2.24, 2.45) is 0 Å². The first-order valence-corrected chi connectivity index (χ1v) is 6.47. The summed E-state index contributed by atoms with van der Waals surface area (Å²) in [7, 11) is 0. The van der Waals surface area contributed by atoms with Gasteiger partial charge in [0.1, 0.15) is 5.82 Å². The zero-order valence-corrected chi connectivity index (χ0v) is 10.4. The van der Waals surface area contributed by atoms with E-state index in [9.17, 15) is 0 Å². The first-order chi connectivity index (χ1) is 8.25. The molecule has 1 saturated carbocycles. The molecule has 1 N–H and O–H groups in total. The highest BCUT2D eigenvalue weighted by atomic mass is 15.3. The van der Waals surface area contributed by atoms with E-state index in [1.165, 1.54) is 37.8 Å². The van der Waals surface area contributed by atoms with Crippen LogP contribution < -0.4 is 10.2 Å². The highest BCUT2D eigenvalue weighted by Gasteiger charge is 2.30. The second kappa shape index (κ2) is 4.06. The lowest BCUT2D eigenvalue weighted by Gasteiger charge is -2.33. The molecule has 1 aromatic rings. The Balaban J connectivity index is 1.95. The van der Waals surface area contributed by atoms with Crippen molar-refractivity contribution in [1.29, 1.82) is 0 Å². The molecule has 0 spiro atoms. The second-order valence-electron chi connectivity index (χ2n) is 5.08. The zero-order chi connectivity index (χ0) is 11.8. The standard InChI is InChI=1S/C14H19N3/c1-10-8-14-13(9-15-10)16-11(2)17(14)12-6-4-3-5-7-12/h8-9,12,16H,2-7H2,1H3. The molecule has 1 aliphatic heterocycles. The maximum absolute atomic E-state index is 4.33. The number of hydrogen-bond donors (Lipinski definition) is 1. The predicted molar refractivity (Wildman–Crippen MR) is 71.1 cm³/mol. The molecule has 1 aromatic heterocycles. The monoisotopic (exact) mass is 229 g/mol. The summed E-state index contributed by atoms with van der Waals surface area (Å²) in [5.74, 6) is 1.01. The lowest BCUT2D eigenvalue weighted by atomic mass is 9.94. The molecule has 0 saturated heterocycles. The van der Waals surface area contributed by atoms with Crippen LogP contribution in [0.1, 0.15) is 37.8 Å². The van der Waals surface area contributed by atoms with E-state index in [0.29, 0.717) is 6.04 Å². The van der Waals surface area contributed by atoms with E-state index < -0.39 is 0 Å². The molecule has 90 valence electrons. The molecular weight excluding hydrogens is 210 g/mol. The van der Waals surface area contributed by atoms with Crippen LogP contribution in [0.25, 0.3) is 0 Å². The highest BCUT2D eigenvalue weighted by molar-refractivity contribution is 5.80. The number of fused-ring (bicyclic) bond motifs is 1. The fraction of sp³-hybridized carbons (Fsp3) is 0.500. The molecule has 0 atom stereocenters. The molecule has 1 fully saturated rings. The van der Waals surface area contributed by atoms with Gasteiger partial charge < -0.3 is 10.2 Å². The van der Waals surface area contributed by atoms with E-state index in [4.69, 9.17) is 0 Å². The summed E-state index contributed by atoms with van der Waals surface area (Å²) in [6.07, 6.45) is 8.54. The topological polar surface area (TPSA) is 28.2 Å². The SMILES string of the molecule is C=C1Nc2cnc(C)cc2N1C1CCCCC1. The molecule has 3 heteroatoms. The van der Waals surface area contributed by atoms with E-state index >= 15 is 0 Å². The maximum Gasteiger partial charge on any atom is 0.103 e. The molecule has 2 aliphatic rings. The van der Waals surface area contributed by atoms with Gasteiger partial charge >= 0.3 is 0 Å². The Morgan fingerprint density at radius 1 is 1.35 bits per heavy atom. The number of anilines is 2. The summed E-state index contributed by atoms with van der Waals surface area (Å²) >= 11 is 0. The molecule has 0 aromatic carbocycles. The molecule has 1 aliphatic carbocycles. The van der Waals surface area contributed by atoms with Gasteiger partial charge in [-0.3, -0.25) is 4.98 Å². The molecule has 0 unspecified atom stereocenters. The van der Waals surface area contributed by atoms with Crippen LogP contribution in [-0.4, -0.2) is 11.0 Å². The molecule has 3 rings (SSSR count). The van der Waals surface area contributed by atoms with Crippen molar-refractivity contribution in [3.05, 3.63) is 30.4 Å². The minimum absolute atomic E-state index is 0.617. The molecule has 0 amide bonds. The highest BCUT2D eigenvalue weighted by Crippen LogP contribution is 2.40. The lowest BCUT2D eigenvalue weighted by molar-refractivity contribution is 0.432. The summed E-state index contributed by atoms with van der Waals surface area (Å²) in [5, 5.41) is 3.34. The van der Waals surface area contributed by atoms with Crippen molar-refractivity contribution in [3.8, 4) is 0 Å². The van der Waals surface area contributed by atoms with Crippen molar-refractivity contribution < 1.29 is 0 Å². The van der Waals surface area contributed by atoms with Crippen LogP contribution in [0, 0.1) is 6.92 Å². The number of nitrogens with one attached hydrogen (secondary N) is 1.